The molecule has 1 atom stereocenters. The van der Waals surface area contributed by atoms with Gasteiger partial charge >= 0.3 is 0 Å². The molecule has 0 aliphatic heterocycles. The SMILES string of the molecule is Cc1cc(C)cc(C(=O)NCC(=O)N(C)[C@@H](CO)C(C)(C)C)c1. The van der Waals surface area contributed by atoms with Gasteiger partial charge in [-0.1, -0.05) is 38.0 Å². The molecule has 0 heterocycles. The summed E-state index contributed by atoms with van der Waals surface area (Å²) in [5, 5.41) is 12.2. The third-order valence-corrected chi connectivity index (χ3v) is 3.92. The summed E-state index contributed by atoms with van der Waals surface area (Å²) in [6, 6.07) is 5.28. The first-order valence-corrected chi connectivity index (χ1v) is 7.79. The molecule has 1 aromatic carbocycles. The Morgan fingerprint density at radius 3 is 2.13 bits per heavy atom. The first-order chi connectivity index (χ1) is 10.6. The van der Waals surface area contributed by atoms with Crippen LogP contribution in [0.25, 0.3) is 0 Å². The fourth-order valence-electron chi connectivity index (χ4n) is 2.64. The number of hydrogen-bond acceptors (Lipinski definition) is 3. The highest BCUT2D eigenvalue weighted by atomic mass is 16.3. The van der Waals surface area contributed by atoms with Crippen molar-refractivity contribution < 1.29 is 14.7 Å². The molecule has 0 saturated heterocycles. The van der Waals surface area contributed by atoms with Gasteiger partial charge in [0, 0.05) is 12.6 Å². The minimum Gasteiger partial charge on any atom is -0.394 e. The summed E-state index contributed by atoms with van der Waals surface area (Å²) in [5.41, 5.74) is 2.32. The van der Waals surface area contributed by atoms with E-state index in [9.17, 15) is 14.7 Å². The molecule has 1 rings (SSSR count). The van der Waals surface area contributed by atoms with E-state index in [1.54, 1.807) is 19.2 Å². The van der Waals surface area contributed by atoms with Crippen molar-refractivity contribution in [3.8, 4) is 0 Å². The van der Waals surface area contributed by atoms with Crippen LogP contribution in [0.5, 0.6) is 0 Å². The molecule has 0 bridgehead atoms. The fourth-order valence-corrected chi connectivity index (χ4v) is 2.64. The fraction of sp³-hybridized carbons (Fsp3) is 0.556. The first-order valence-electron chi connectivity index (χ1n) is 7.79. The minimum atomic E-state index is -0.298. The maximum atomic E-state index is 12.3. The van der Waals surface area contributed by atoms with Crippen LogP contribution in [0, 0.1) is 19.3 Å². The summed E-state index contributed by atoms with van der Waals surface area (Å²) in [6.45, 7) is 9.55. The number of aliphatic hydroxyl groups excluding tert-OH is 1. The zero-order valence-corrected chi connectivity index (χ0v) is 14.9. The highest BCUT2D eigenvalue weighted by Crippen LogP contribution is 2.23. The lowest BCUT2D eigenvalue weighted by Crippen LogP contribution is -2.50. The number of benzene rings is 1. The number of aliphatic hydroxyl groups is 1. The van der Waals surface area contributed by atoms with Gasteiger partial charge in [-0.05, 0) is 31.4 Å². The van der Waals surface area contributed by atoms with Crippen LogP contribution in [0.3, 0.4) is 0 Å². The summed E-state index contributed by atoms with van der Waals surface area (Å²) >= 11 is 0. The average molecular weight is 320 g/mol. The Balaban J connectivity index is 2.70. The molecule has 0 saturated carbocycles. The molecule has 2 amide bonds. The number of carbonyl (C=O) groups excluding carboxylic acids is 2. The van der Waals surface area contributed by atoms with Gasteiger partial charge in [-0.25, -0.2) is 0 Å². The van der Waals surface area contributed by atoms with Crippen LogP contribution < -0.4 is 5.32 Å². The number of hydrogen-bond donors (Lipinski definition) is 2. The number of rotatable bonds is 5. The smallest absolute Gasteiger partial charge is 0.251 e. The Labute approximate surface area is 138 Å². The summed E-state index contributed by atoms with van der Waals surface area (Å²) < 4.78 is 0. The molecule has 128 valence electrons. The summed E-state index contributed by atoms with van der Waals surface area (Å²) in [4.78, 5) is 25.9. The van der Waals surface area contributed by atoms with Crippen molar-refractivity contribution in [1.82, 2.24) is 10.2 Å². The van der Waals surface area contributed by atoms with Gasteiger partial charge in [0.05, 0.1) is 19.2 Å². The van der Waals surface area contributed by atoms with E-state index in [1.165, 1.54) is 4.90 Å². The van der Waals surface area contributed by atoms with E-state index in [2.05, 4.69) is 5.32 Å². The summed E-state index contributed by atoms with van der Waals surface area (Å²) in [6.07, 6.45) is 0. The van der Waals surface area contributed by atoms with Crippen molar-refractivity contribution in [2.75, 3.05) is 20.2 Å². The van der Waals surface area contributed by atoms with E-state index in [-0.39, 0.29) is 36.4 Å². The molecular weight excluding hydrogens is 292 g/mol. The summed E-state index contributed by atoms with van der Waals surface area (Å²) in [5.74, 6) is -0.494. The molecule has 0 spiro atoms. The molecule has 1 aromatic rings. The van der Waals surface area contributed by atoms with Crippen molar-refractivity contribution in [2.24, 2.45) is 5.41 Å². The quantitative estimate of drug-likeness (QED) is 0.870. The van der Waals surface area contributed by atoms with Gasteiger partial charge in [0.1, 0.15) is 0 Å². The summed E-state index contributed by atoms with van der Waals surface area (Å²) in [7, 11) is 1.65. The van der Waals surface area contributed by atoms with Crippen LogP contribution in [-0.2, 0) is 4.79 Å². The monoisotopic (exact) mass is 320 g/mol. The topological polar surface area (TPSA) is 69.6 Å². The Kier molecular flexibility index (Phi) is 6.33. The lowest BCUT2D eigenvalue weighted by atomic mass is 9.86. The number of carbonyl (C=O) groups is 2. The predicted molar refractivity (Wildman–Crippen MR) is 91.3 cm³/mol. The molecule has 0 fully saturated rings. The van der Waals surface area contributed by atoms with Crippen LogP contribution >= 0.6 is 0 Å². The highest BCUT2D eigenvalue weighted by molar-refractivity contribution is 5.96. The number of nitrogens with zero attached hydrogens (tertiary/aromatic N) is 1. The Morgan fingerprint density at radius 2 is 1.70 bits per heavy atom. The molecule has 0 aromatic heterocycles. The van der Waals surface area contributed by atoms with E-state index in [0.717, 1.165) is 11.1 Å². The second-order valence-electron chi connectivity index (χ2n) is 7.13. The van der Waals surface area contributed by atoms with Gasteiger partial charge in [0.25, 0.3) is 5.91 Å². The number of aryl methyl sites for hydroxylation is 2. The molecule has 23 heavy (non-hydrogen) atoms. The predicted octanol–water partition coefficient (Wildman–Crippen LogP) is 1.90. The molecule has 0 unspecified atom stereocenters. The number of nitrogens with one attached hydrogen (secondary N) is 1. The van der Waals surface area contributed by atoms with E-state index in [4.69, 9.17) is 0 Å². The molecular formula is C18H28N2O3. The van der Waals surface area contributed by atoms with Gasteiger partial charge in [0.15, 0.2) is 0 Å². The van der Waals surface area contributed by atoms with Gasteiger partial charge in [-0.3, -0.25) is 9.59 Å². The third-order valence-electron chi connectivity index (χ3n) is 3.92. The van der Waals surface area contributed by atoms with Crippen molar-refractivity contribution in [2.45, 2.75) is 40.7 Å². The zero-order chi connectivity index (χ0) is 17.8. The Morgan fingerprint density at radius 1 is 1.17 bits per heavy atom. The Hall–Kier alpha value is -1.88. The van der Waals surface area contributed by atoms with Crippen molar-refractivity contribution in [3.63, 3.8) is 0 Å². The van der Waals surface area contributed by atoms with Crippen LogP contribution in [-0.4, -0.2) is 48.1 Å². The van der Waals surface area contributed by atoms with Crippen LogP contribution in [0.1, 0.15) is 42.3 Å². The van der Waals surface area contributed by atoms with Gasteiger partial charge in [-0.15, -0.1) is 0 Å². The molecule has 2 N–H and O–H groups in total. The second kappa shape index (κ2) is 7.59. The van der Waals surface area contributed by atoms with Crippen LogP contribution in [0.15, 0.2) is 18.2 Å². The van der Waals surface area contributed by atoms with Crippen LogP contribution in [0.4, 0.5) is 0 Å². The van der Waals surface area contributed by atoms with Gasteiger partial charge in [0.2, 0.25) is 5.91 Å². The van der Waals surface area contributed by atoms with Gasteiger partial charge in [-0.2, -0.15) is 0 Å². The normalized spacial score (nSPS) is 12.7. The lowest BCUT2D eigenvalue weighted by Gasteiger charge is -2.36. The molecule has 5 nitrogen and oxygen atoms in total. The van der Waals surface area contributed by atoms with E-state index >= 15 is 0 Å². The van der Waals surface area contributed by atoms with Crippen molar-refractivity contribution in [3.05, 3.63) is 34.9 Å². The molecule has 5 heteroatoms. The van der Waals surface area contributed by atoms with Gasteiger partial charge < -0.3 is 15.3 Å². The van der Waals surface area contributed by atoms with E-state index in [0.29, 0.717) is 5.56 Å². The minimum absolute atomic E-state index is 0.0884. The van der Waals surface area contributed by atoms with Crippen LogP contribution in [0.2, 0.25) is 0 Å². The molecule has 0 aliphatic rings. The zero-order valence-electron chi connectivity index (χ0n) is 14.9. The highest BCUT2D eigenvalue weighted by Gasteiger charge is 2.30. The average Bonchev–Trinajstić information content (AvgIpc) is 2.42. The maximum absolute atomic E-state index is 12.3. The van der Waals surface area contributed by atoms with Crippen molar-refractivity contribution >= 4 is 11.8 Å². The first kappa shape index (κ1) is 19.2. The lowest BCUT2D eigenvalue weighted by molar-refractivity contribution is -0.134. The Bertz CT molecular complexity index is 556. The number of likely N-dealkylation sites (N-methyl/N-ethyl adjacent to an activating group) is 1. The van der Waals surface area contributed by atoms with Crippen molar-refractivity contribution in [1.29, 1.82) is 0 Å². The largest absolute Gasteiger partial charge is 0.394 e. The molecule has 0 aliphatic carbocycles. The maximum Gasteiger partial charge on any atom is 0.251 e. The standard InChI is InChI=1S/C18H28N2O3/c1-12-7-13(2)9-14(8-12)17(23)19-10-16(22)20(6)15(11-21)18(3,4)5/h7-9,15,21H,10-11H2,1-6H3,(H,19,23)/t15-/m0/s1. The van der Waals surface area contributed by atoms with E-state index in [1.807, 2.05) is 40.7 Å². The molecule has 0 radical (unpaired) electrons. The third kappa shape index (κ3) is 5.36. The number of amides is 2. The van der Waals surface area contributed by atoms with E-state index < -0.39 is 0 Å². The second-order valence-corrected chi connectivity index (χ2v) is 7.13.